The molecule has 0 spiro atoms. The second-order valence-electron chi connectivity index (χ2n) is 11.3. The van der Waals surface area contributed by atoms with Crippen molar-refractivity contribution < 1.29 is 0 Å². The third-order valence-corrected chi connectivity index (χ3v) is 7.38. The molecule has 0 heterocycles. The van der Waals surface area contributed by atoms with E-state index in [0.717, 1.165) is 24.7 Å². The van der Waals surface area contributed by atoms with Crippen molar-refractivity contribution in [3.8, 4) is 0 Å². The minimum absolute atomic E-state index is 0. The SMILES string of the molecule is C.C=C(CC/C=C(\C)CCC=C(C)C)CCC1C=C(CC/C=C(\C)CCC=C(C)C)CCC1CC. The van der Waals surface area contributed by atoms with E-state index in [9.17, 15) is 0 Å². The first-order valence-corrected chi connectivity index (χ1v) is 14.1. The Labute approximate surface area is 221 Å². The summed E-state index contributed by atoms with van der Waals surface area (Å²) in [6.45, 7) is 20.1. The number of hydrogen-bond acceptors (Lipinski definition) is 0. The van der Waals surface area contributed by atoms with Crippen LogP contribution in [0.4, 0.5) is 0 Å². The Bertz CT molecular complexity index is 741. The Morgan fingerprint density at radius 1 is 0.800 bits per heavy atom. The Hall–Kier alpha value is -1.56. The standard InChI is InChI=1S/C34H56.CH4/c1-9-33-25-23-32(21-13-20-30(7)17-11-15-28(4)5)26-34(33)24-22-31(8)19-12-18-29(6)16-10-14-27(2)3;/h14-15,18,20,26,33-34H,8-13,16-17,19,21-25H2,1-7H3;1H4/b29-18+,30-20+;. The van der Waals surface area contributed by atoms with Crippen LogP contribution in [0.2, 0.25) is 0 Å². The molecule has 0 aromatic rings. The van der Waals surface area contributed by atoms with Gasteiger partial charge in [0.05, 0.1) is 0 Å². The summed E-state index contributed by atoms with van der Waals surface area (Å²) in [6, 6.07) is 0. The topological polar surface area (TPSA) is 0 Å². The van der Waals surface area contributed by atoms with Gasteiger partial charge in [-0.1, -0.05) is 91.2 Å². The van der Waals surface area contributed by atoms with Crippen molar-refractivity contribution in [2.24, 2.45) is 11.8 Å². The second-order valence-corrected chi connectivity index (χ2v) is 11.3. The van der Waals surface area contributed by atoms with Gasteiger partial charge in [-0.3, -0.25) is 0 Å². The molecule has 0 aromatic carbocycles. The van der Waals surface area contributed by atoms with Crippen LogP contribution in [0.3, 0.4) is 0 Å². The summed E-state index contributed by atoms with van der Waals surface area (Å²) in [5.74, 6) is 1.63. The molecule has 0 bridgehead atoms. The minimum Gasteiger partial charge on any atom is -0.0999 e. The van der Waals surface area contributed by atoms with Crippen molar-refractivity contribution in [2.75, 3.05) is 0 Å². The van der Waals surface area contributed by atoms with Crippen molar-refractivity contribution in [1.29, 1.82) is 0 Å². The van der Waals surface area contributed by atoms with Crippen LogP contribution in [0.15, 0.2) is 70.4 Å². The molecule has 0 saturated carbocycles. The summed E-state index contributed by atoms with van der Waals surface area (Å²) >= 11 is 0. The van der Waals surface area contributed by atoms with Crippen LogP contribution in [0, 0.1) is 11.8 Å². The molecule has 0 nitrogen and oxygen atoms in total. The van der Waals surface area contributed by atoms with Crippen molar-refractivity contribution in [3.05, 3.63) is 70.4 Å². The molecular formula is C35H60. The molecule has 0 aromatic heterocycles. The zero-order chi connectivity index (χ0) is 25.3. The van der Waals surface area contributed by atoms with Gasteiger partial charge in [0.2, 0.25) is 0 Å². The van der Waals surface area contributed by atoms with E-state index in [1.165, 1.54) is 92.9 Å². The average Bonchev–Trinajstić information content (AvgIpc) is 2.77. The predicted octanol–water partition coefficient (Wildman–Crippen LogP) is 12.3. The zero-order valence-electron chi connectivity index (χ0n) is 23.9. The van der Waals surface area contributed by atoms with Gasteiger partial charge in [-0.2, -0.15) is 0 Å². The molecule has 0 radical (unpaired) electrons. The van der Waals surface area contributed by atoms with Gasteiger partial charge in [0.15, 0.2) is 0 Å². The monoisotopic (exact) mass is 480 g/mol. The van der Waals surface area contributed by atoms with Crippen molar-refractivity contribution in [3.63, 3.8) is 0 Å². The van der Waals surface area contributed by atoms with Crippen LogP contribution in [0.25, 0.3) is 0 Å². The van der Waals surface area contributed by atoms with E-state index in [1.807, 2.05) is 0 Å². The number of allylic oxidation sites excluding steroid dienone is 11. The van der Waals surface area contributed by atoms with Gasteiger partial charge in [-0.25, -0.2) is 0 Å². The molecule has 0 aliphatic heterocycles. The van der Waals surface area contributed by atoms with E-state index in [1.54, 1.807) is 11.1 Å². The Morgan fingerprint density at radius 2 is 1.34 bits per heavy atom. The third-order valence-electron chi connectivity index (χ3n) is 7.38. The molecule has 2 atom stereocenters. The molecule has 0 amide bonds. The Balaban J connectivity index is 0.0000116. The van der Waals surface area contributed by atoms with Crippen LogP contribution < -0.4 is 0 Å². The maximum Gasteiger partial charge on any atom is -0.0199 e. The highest BCUT2D eigenvalue weighted by Crippen LogP contribution is 2.36. The number of rotatable bonds is 16. The van der Waals surface area contributed by atoms with Crippen LogP contribution in [0.5, 0.6) is 0 Å². The second kappa shape index (κ2) is 19.6. The molecule has 35 heavy (non-hydrogen) atoms. The lowest BCUT2D eigenvalue weighted by Gasteiger charge is -2.30. The van der Waals surface area contributed by atoms with Crippen molar-refractivity contribution in [1.82, 2.24) is 0 Å². The average molecular weight is 481 g/mol. The largest absolute Gasteiger partial charge is 0.0999 e. The lowest BCUT2D eigenvalue weighted by molar-refractivity contribution is 0.319. The lowest BCUT2D eigenvalue weighted by Crippen LogP contribution is -2.17. The number of hydrogen-bond donors (Lipinski definition) is 0. The zero-order valence-corrected chi connectivity index (χ0v) is 23.9. The van der Waals surface area contributed by atoms with Crippen LogP contribution >= 0.6 is 0 Å². The smallest absolute Gasteiger partial charge is 0.0199 e. The molecule has 0 heteroatoms. The van der Waals surface area contributed by atoms with E-state index in [2.05, 4.69) is 85.4 Å². The molecule has 0 saturated heterocycles. The summed E-state index contributed by atoms with van der Waals surface area (Å²) in [4.78, 5) is 0. The Kier molecular flexibility index (Phi) is 18.7. The van der Waals surface area contributed by atoms with E-state index >= 15 is 0 Å². The fourth-order valence-corrected chi connectivity index (χ4v) is 5.04. The van der Waals surface area contributed by atoms with Gasteiger partial charge in [0.25, 0.3) is 0 Å². The summed E-state index contributed by atoms with van der Waals surface area (Å²) in [6.07, 6.45) is 28.3. The molecule has 1 rings (SSSR count). The molecule has 0 fully saturated rings. The van der Waals surface area contributed by atoms with Crippen molar-refractivity contribution in [2.45, 2.75) is 139 Å². The van der Waals surface area contributed by atoms with Gasteiger partial charge >= 0.3 is 0 Å². The van der Waals surface area contributed by atoms with E-state index < -0.39 is 0 Å². The normalized spacial score (nSPS) is 18.4. The fraction of sp³-hybridized carbons (Fsp3) is 0.657. The molecule has 0 N–H and O–H groups in total. The van der Waals surface area contributed by atoms with Crippen LogP contribution in [-0.2, 0) is 0 Å². The summed E-state index contributed by atoms with van der Waals surface area (Å²) in [5.41, 5.74) is 9.09. The van der Waals surface area contributed by atoms with Crippen molar-refractivity contribution >= 4 is 0 Å². The third kappa shape index (κ3) is 16.7. The van der Waals surface area contributed by atoms with Gasteiger partial charge in [-0.05, 0) is 130 Å². The molecule has 2 unspecified atom stereocenters. The van der Waals surface area contributed by atoms with E-state index in [4.69, 9.17) is 0 Å². The van der Waals surface area contributed by atoms with Gasteiger partial charge < -0.3 is 0 Å². The summed E-state index contributed by atoms with van der Waals surface area (Å²) in [5, 5.41) is 0. The van der Waals surface area contributed by atoms with E-state index in [0.29, 0.717) is 0 Å². The maximum atomic E-state index is 4.42. The maximum absolute atomic E-state index is 4.42. The van der Waals surface area contributed by atoms with Crippen LogP contribution in [-0.4, -0.2) is 0 Å². The molecule has 200 valence electrons. The molecule has 1 aliphatic rings. The first-order chi connectivity index (χ1) is 16.2. The Morgan fingerprint density at radius 3 is 1.89 bits per heavy atom. The highest BCUT2D eigenvalue weighted by Gasteiger charge is 2.23. The summed E-state index contributed by atoms with van der Waals surface area (Å²) < 4.78 is 0. The van der Waals surface area contributed by atoms with Crippen LogP contribution in [0.1, 0.15) is 139 Å². The fourth-order valence-electron chi connectivity index (χ4n) is 5.04. The van der Waals surface area contributed by atoms with Gasteiger partial charge in [-0.15, -0.1) is 0 Å². The first-order valence-electron chi connectivity index (χ1n) is 14.1. The molecular weight excluding hydrogens is 420 g/mol. The minimum atomic E-state index is 0. The predicted molar refractivity (Wildman–Crippen MR) is 163 cm³/mol. The summed E-state index contributed by atoms with van der Waals surface area (Å²) in [7, 11) is 0. The van der Waals surface area contributed by atoms with Gasteiger partial charge in [0.1, 0.15) is 0 Å². The first kappa shape index (κ1) is 33.4. The van der Waals surface area contributed by atoms with E-state index in [-0.39, 0.29) is 7.43 Å². The molecule has 1 aliphatic carbocycles. The lowest BCUT2D eigenvalue weighted by atomic mass is 9.76. The quantitative estimate of drug-likeness (QED) is 0.193. The van der Waals surface area contributed by atoms with Gasteiger partial charge in [0, 0.05) is 0 Å². The highest BCUT2D eigenvalue weighted by atomic mass is 14.3. The highest BCUT2D eigenvalue weighted by molar-refractivity contribution is 5.13.